The van der Waals surface area contributed by atoms with E-state index in [1.54, 1.807) is 25.1 Å². The molecule has 0 saturated carbocycles. The van der Waals surface area contributed by atoms with Crippen molar-refractivity contribution in [3.05, 3.63) is 35.4 Å². The smallest absolute Gasteiger partial charge is 0.307 e. The van der Waals surface area contributed by atoms with Crippen molar-refractivity contribution in [2.75, 3.05) is 0 Å². The summed E-state index contributed by atoms with van der Waals surface area (Å²) >= 11 is 0. The van der Waals surface area contributed by atoms with E-state index in [-0.39, 0.29) is 12.5 Å². The molecule has 2 atom stereocenters. The fourth-order valence-corrected chi connectivity index (χ4v) is 1.63. The van der Waals surface area contributed by atoms with Crippen LogP contribution in [0.3, 0.4) is 0 Å². The number of nitrogens with one attached hydrogen (secondary N) is 1. The summed E-state index contributed by atoms with van der Waals surface area (Å²) in [6.07, 6.45) is 0. The van der Waals surface area contributed by atoms with Crippen molar-refractivity contribution >= 4 is 11.9 Å². The third-order valence-electron chi connectivity index (χ3n) is 3.19. The molecule has 0 aromatic heterocycles. The number of carbonyl (C=O) groups is 2. The van der Waals surface area contributed by atoms with Gasteiger partial charge < -0.3 is 15.5 Å². The van der Waals surface area contributed by atoms with Gasteiger partial charge >= 0.3 is 5.97 Å². The second-order valence-electron chi connectivity index (χ2n) is 4.61. The standard InChI is InChI=1S/C14H19NO4/c1-9(10(2)14(18)19)13(17)15-7-11-4-3-5-12(6-11)8-16/h3-6,9-10,16H,7-8H2,1-2H3,(H,15,17)(H,18,19). The van der Waals surface area contributed by atoms with Crippen LogP contribution in [0.5, 0.6) is 0 Å². The maximum Gasteiger partial charge on any atom is 0.307 e. The first-order chi connectivity index (χ1) is 8.95. The molecule has 5 heteroatoms. The molecule has 19 heavy (non-hydrogen) atoms. The van der Waals surface area contributed by atoms with E-state index in [1.807, 2.05) is 6.07 Å². The summed E-state index contributed by atoms with van der Waals surface area (Å²) in [5.74, 6) is -2.57. The summed E-state index contributed by atoms with van der Waals surface area (Å²) < 4.78 is 0. The van der Waals surface area contributed by atoms with Crippen LogP contribution >= 0.6 is 0 Å². The van der Waals surface area contributed by atoms with Crippen molar-refractivity contribution in [3.63, 3.8) is 0 Å². The maximum absolute atomic E-state index is 11.8. The van der Waals surface area contributed by atoms with Gasteiger partial charge in [-0.1, -0.05) is 38.1 Å². The van der Waals surface area contributed by atoms with Crippen LogP contribution in [0.25, 0.3) is 0 Å². The molecule has 2 unspecified atom stereocenters. The first kappa shape index (κ1) is 15.2. The zero-order chi connectivity index (χ0) is 14.4. The summed E-state index contributed by atoms with van der Waals surface area (Å²) in [7, 11) is 0. The lowest BCUT2D eigenvalue weighted by molar-refractivity contribution is -0.146. The number of carboxylic acid groups (broad SMARTS) is 1. The molecular formula is C14H19NO4. The average molecular weight is 265 g/mol. The van der Waals surface area contributed by atoms with Crippen molar-refractivity contribution in [3.8, 4) is 0 Å². The number of carbonyl (C=O) groups excluding carboxylic acids is 1. The summed E-state index contributed by atoms with van der Waals surface area (Å²) in [5, 5.41) is 20.6. The van der Waals surface area contributed by atoms with E-state index in [0.717, 1.165) is 11.1 Å². The lowest BCUT2D eigenvalue weighted by atomic mass is 9.95. The Kier molecular flexibility index (Phi) is 5.51. The van der Waals surface area contributed by atoms with Crippen LogP contribution in [-0.4, -0.2) is 22.1 Å². The van der Waals surface area contributed by atoms with Crippen LogP contribution in [0.2, 0.25) is 0 Å². The van der Waals surface area contributed by atoms with Crippen LogP contribution in [0.4, 0.5) is 0 Å². The second-order valence-corrected chi connectivity index (χ2v) is 4.61. The molecule has 1 rings (SSSR count). The maximum atomic E-state index is 11.8. The van der Waals surface area contributed by atoms with E-state index >= 15 is 0 Å². The molecule has 0 aliphatic heterocycles. The number of hydrogen-bond donors (Lipinski definition) is 3. The van der Waals surface area contributed by atoms with Crippen LogP contribution in [-0.2, 0) is 22.7 Å². The second kappa shape index (κ2) is 6.89. The third-order valence-corrected chi connectivity index (χ3v) is 3.19. The van der Waals surface area contributed by atoms with E-state index < -0.39 is 17.8 Å². The van der Waals surface area contributed by atoms with Gasteiger partial charge in [-0.15, -0.1) is 0 Å². The number of hydrogen-bond acceptors (Lipinski definition) is 3. The highest BCUT2D eigenvalue weighted by Gasteiger charge is 2.25. The minimum atomic E-state index is -0.982. The first-order valence-electron chi connectivity index (χ1n) is 6.15. The predicted octanol–water partition coefficient (Wildman–Crippen LogP) is 1.15. The van der Waals surface area contributed by atoms with E-state index in [9.17, 15) is 9.59 Å². The Morgan fingerprint density at radius 1 is 1.21 bits per heavy atom. The molecule has 1 aromatic rings. The molecule has 0 bridgehead atoms. The average Bonchev–Trinajstić information content (AvgIpc) is 2.43. The number of aliphatic carboxylic acids is 1. The topological polar surface area (TPSA) is 86.6 Å². The fraction of sp³-hybridized carbons (Fsp3) is 0.429. The lowest BCUT2D eigenvalue weighted by Crippen LogP contribution is -2.34. The first-order valence-corrected chi connectivity index (χ1v) is 6.15. The summed E-state index contributed by atoms with van der Waals surface area (Å²) in [5.41, 5.74) is 1.65. The molecule has 104 valence electrons. The molecule has 0 heterocycles. The largest absolute Gasteiger partial charge is 0.481 e. The number of carboxylic acids is 1. The van der Waals surface area contributed by atoms with Crippen molar-refractivity contribution in [1.82, 2.24) is 5.32 Å². The van der Waals surface area contributed by atoms with Crippen LogP contribution in [0, 0.1) is 11.8 Å². The Bertz CT molecular complexity index is 459. The predicted molar refractivity (Wildman–Crippen MR) is 70.2 cm³/mol. The van der Waals surface area contributed by atoms with Gasteiger partial charge in [0.15, 0.2) is 0 Å². The highest BCUT2D eigenvalue weighted by atomic mass is 16.4. The molecule has 0 fully saturated rings. The number of amides is 1. The molecule has 0 aliphatic rings. The highest BCUT2D eigenvalue weighted by Crippen LogP contribution is 2.12. The van der Waals surface area contributed by atoms with E-state index in [0.29, 0.717) is 6.54 Å². The van der Waals surface area contributed by atoms with E-state index in [2.05, 4.69) is 5.32 Å². The number of aliphatic hydroxyl groups excluding tert-OH is 1. The van der Waals surface area contributed by atoms with Gasteiger partial charge in [0, 0.05) is 12.5 Å². The normalized spacial score (nSPS) is 13.6. The molecule has 0 aliphatic carbocycles. The highest BCUT2D eigenvalue weighted by molar-refractivity contribution is 5.84. The Morgan fingerprint density at radius 2 is 1.84 bits per heavy atom. The lowest BCUT2D eigenvalue weighted by Gasteiger charge is -2.15. The molecule has 1 amide bonds. The van der Waals surface area contributed by atoms with E-state index in [4.69, 9.17) is 10.2 Å². The summed E-state index contributed by atoms with van der Waals surface area (Å²) in [4.78, 5) is 22.6. The molecule has 0 radical (unpaired) electrons. The van der Waals surface area contributed by atoms with Gasteiger partial charge in [0.1, 0.15) is 0 Å². The molecule has 3 N–H and O–H groups in total. The zero-order valence-corrected chi connectivity index (χ0v) is 11.1. The van der Waals surface area contributed by atoms with Gasteiger partial charge in [0.2, 0.25) is 5.91 Å². The Balaban J connectivity index is 2.56. The quantitative estimate of drug-likeness (QED) is 0.720. The van der Waals surface area contributed by atoms with E-state index in [1.165, 1.54) is 6.92 Å². The van der Waals surface area contributed by atoms with Gasteiger partial charge in [0.05, 0.1) is 12.5 Å². The number of aliphatic hydroxyl groups is 1. The van der Waals surface area contributed by atoms with Crippen molar-refractivity contribution < 1.29 is 19.8 Å². The molecule has 1 aromatic carbocycles. The third kappa shape index (κ3) is 4.37. The van der Waals surface area contributed by atoms with Crippen molar-refractivity contribution in [2.45, 2.75) is 27.0 Å². The number of rotatable bonds is 6. The van der Waals surface area contributed by atoms with Gasteiger partial charge in [-0.05, 0) is 11.1 Å². The molecule has 0 spiro atoms. The van der Waals surface area contributed by atoms with Crippen molar-refractivity contribution in [2.24, 2.45) is 11.8 Å². The minimum Gasteiger partial charge on any atom is -0.481 e. The van der Waals surface area contributed by atoms with Crippen molar-refractivity contribution in [1.29, 1.82) is 0 Å². The van der Waals surface area contributed by atoms with Crippen LogP contribution in [0.1, 0.15) is 25.0 Å². The molecular weight excluding hydrogens is 246 g/mol. The monoisotopic (exact) mass is 265 g/mol. The van der Waals surface area contributed by atoms with Crippen LogP contribution in [0.15, 0.2) is 24.3 Å². The van der Waals surface area contributed by atoms with Gasteiger partial charge in [-0.25, -0.2) is 0 Å². The zero-order valence-electron chi connectivity index (χ0n) is 11.1. The SMILES string of the molecule is CC(C(=O)O)C(C)C(=O)NCc1cccc(CO)c1. The fourth-order valence-electron chi connectivity index (χ4n) is 1.63. The molecule has 0 saturated heterocycles. The molecule has 5 nitrogen and oxygen atoms in total. The Morgan fingerprint density at radius 3 is 2.42 bits per heavy atom. The minimum absolute atomic E-state index is 0.0474. The Hall–Kier alpha value is -1.88. The van der Waals surface area contributed by atoms with Gasteiger partial charge in [-0.2, -0.15) is 0 Å². The van der Waals surface area contributed by atoms with Crippen LogP contribution < -0.4 is 5.32 Å². The summed E-state index contributed by atoms with van der Waals surface area (Å²) in [6.45, 7) is 3.38. The van der Waals surface area contributed by atoms with Gasteiger partial charge in [0.25, 0.3) is 0 Å². The Labute approximate surface area is 112 Å². The number of benzene rings is 1. The summed E-state index contributed by atoms with van der Waals surface area (Å²) in [6, 6.07) is 7.23. The van der Waals surface area contributed by atoms with Gasteiger partial charge in [-0.3, -0.25) is 9.59 Å².